The number of benzene rings is 1. The minimum Gasteiger partial charge on any atom is -0.383 e. The molecule has 0 saturated heterocycles. The highest BCUT2D eigenvalue weighted by Gasteiger charge is 2.31. The van der Waals surface area contributed by atoms with E-state index >= 15 is 0 Å². The fourth-order valence-electron chi connectivity index (χ4n) is 2.52. The van der Waals surface area contributed by atoms with Gasteiger partial charge >= 0.3 is 0 Å². The molecule has 1 aromatic heterocycles. The number of nitrogens with zero attached hydrogens (tertiary/aromatic N) is 3. The lowest BCUT2D eigenvalue weighted by molar-refractivity contribution is -0.117. The van der Waals surface area contributed by atoms with Gasteiger partial charge in [-0.25, -0.2) is 9.97 Å². The number of hydrogen-bond donors (Lipinski definition) is 1. The molecular formula is C17H20N4OS. The largest absolute Gasteiger partial charge is 0.383 e. The Morgan fingerprint density at radius 2 is 2.00 bits per heavy atom. The van der Waals surface area contributed by atoms with E-state index in [1.54, 1.807) is 16.7 Å². The summed E-state index contributed by atoms with van der Waals surface area (Å²) >= 11 is 1.57. The van der Waals surface area contributed by atoms with Crippen LogP contribution in [0, 0.1) is 6.92 Å². The number of carbonyl (C=O) groups excluding carboxylic acids is 1. The smallest absolute Gasteiger partial charge is 0.233 e. The van der Waals surface area contributed by atoms with Crippen LogP contribution in [0.5, 0.6) is 0 Å². The minimum atomic E-state index is 0.0271. The van der Waals surface area contributed by atoms with Crippen LogP contribution in [-0.2, 0) is 17.8 Å². The Labute approximate surface area is 140 Å². The Bertz CT molecular complexity index is 730. The molecule has 2 aromatic rings. The van der Waals surface area contributed by atoms with Gasteiger partial charge in [-0.05, 0) is 18.9 Å². The third kappa shape index (κ3) is 3.32. The normalized spacial score (nSPS) is 13.5. The summed E-state index contributed by atoms with van der Waals surface area (Å²) in [6, 6.07) is 8.18. The number of nitrogen functional groups attached to an aromatic ring is 1. The maximum atomic E-state index is 12.4. The summed E-state index contributed by atoms with van der Waals surface area (Å²) in [5.74, 6) is 2.05. The Hall–Kier alpha value is -2.08. The molecule has 23 heavy (non-hydrogen) atoms. The first-order valence-electron chi connectivity index (χ1n) is 7.73. The first-order chi connectivity index (χ1) is 11.1. The van der Waals surface area contributed by atoms with Crippen LogP contribution in [0.3, 0.4) is 0 Å². The Morgan fingerprint density at radius 1 is 1.26 bits per heavy atom. The van der Waals surface area contributed by atoms with Crippen molar-refractivity contribution < 1.29 is 4.79 Å². The van der Waals surface area contributed by atoms with Crippen molar-refractivity contribution in [1.82, 2.24) is 9.97 Å². The molecule has 6 heteroatoms. The van der Waals surface area contributed by atoms with Crippen LogP contribution in [-0.4, -0.2) is 21.6 Å². The first kappa shape index (κ1) is 15.8. The number of fused-ring (bicyclic) bond motifs is 1. The fraction of sp³-hybridized carbons (Fsp3) is 0.353. The molecule has 0 bridgehead atoms. The molecule has 0 atom stereocenters. The highest BCUT2D eigenvalue weighted by Crippen LogP contribution is 2.33. The molecule has 5 nitrogen and oxygen atoms in total. The van der Waals surface area contributed by atoms with Gasteiger partial charge in [0, 0.05) is 11.3 Å². The van der Waals surface area contributed by atoms with Gasteiger partial charge < -0.3 is 5.73 Å². The van der Waals surface area contributed by atoms with Crippen LogP contribution >= 0.6 is 11.8 Å². The number of rotatable bonds is 5. The van der Waals surface area contributed by atoms with E-state index in [-0.39, 0.29) is 12.3 Å². The van der Waals surface area contributed by atoms with Crippen molar-refractivity contribution in [2.45, 2.75) is 38.4 Å². The molecule has 0 spiro atoms. The standard InChI is InChI=1S/C17H20N4OS/c1-3-8-23-17-19-15(18)13-9-14(22)21(16(13)20-17)10-12-6-4-11(2)5-7-12/h4-7H,3,8-10H2,1-2H3,(H2,18,19,20). The predicted octanol–water partition coefficient (Wildman–Crippen LogP) is 2.96. The van der Waals surface area contributed by atoms with E-state index in [0.717, 1.165) is 23.3 Å². The predicted molar refractivity (Wildman–Crippen MR) is 93.5 cm³/mol. The van der Waals surface area contributed by atoms with Gasteiger partial charge in [0.15, 0.2) is 5.16 Å². The Kier molecular flexibility index (Phi) is 4.52. The number of aromatic nitrogens is 2. The van der Waals surface area contributed by atoms with Gasteiger partial charge in [-0.3, -0.25) is 9.69 Å². The molecule has 0 fully saturated rings. The van der Waals surface area contributed by atoms with Crippen molar-refractivity contribution in [3.05, 3.63) is 41.0 Å². The minimum absolute atomic E-state index is 0.0271. The number of nitrogens with two attached hydrogens (primary N) is 1. The van der Waals surface area contributed by atoms with Crippen LogP contribution in [0.15, 0.2) is 29.4 Å². The van der Waals surface area contributed by atoms with Crippen LogP contribution in [0.2, 0.25) is 0 Å². The second kappa shape index (κ2) is 6.58. The van der Waals surface area contributed by atoms with Crippen molar-refractivity contribution in [1.29, 1.82) is 0 Å². The third-order valence-electron chi connectivity index (χ3n) is 3.78. The first-order valence-corrected chi connectivity index (χ1v) is 8.72. The Balaban J connectivity index is 1.90. The second-order valence-corrected chi connectivity index (χ2v) is 6.75. The average Bonchev–Trinajstić information content (AvgIpc) is 2.84. The summed E-state index contributed by atoms with van der Waals surface area (Å²) < 4.78 is 0. The molecule has 120 valence electrons. The van der Waals surface area contributed by atoms with Crippen molar-refractivity contribution in [2.75, 3.05) is 16.4 Å². The van der Waals surface area contributed by atoms with Crippen LogP contribution < -0.4 is 10.6 Å². The zero-order valence-electron chi connectivity index (χ0n) is 13.4. The van der Waals surface area contributed by atoms with Gasteiger partial charge in [0.2, 0.25) is 5.91 Å². The fourth-order valence-corrected chi connectivity index (χ4v) is 3.22. The van der Waals surface area contributed by atoms with E-state index in [1.807, 2.05) is 31.2 Å². The summed E-state index contributed by atoms with van der Waals surface area (Å²) in [6.45, 7) is 4.67. The van der Waals surface area contributed by atoms with Crippen molar-refractivity contribution in [3.8, 4) is 0 Å². The summed E-state index contributed by atoms with van der Waals surface area (Å²) in [4.78, 5) is 23.0. The number of anilines is 2. The van der Waals surface area contributed by atoms with Crippen molar-refractivity contribution >= 4 is 29.3 Å². The van der Waals surface area contributed by atoms with E-state index < -0.39 is 0 Å². The van der Waals surface area contributed by atoms with Gasteiger partial charge in [-0.15, -0.1) is 0 Å². The lowest BCUT2D eigenvalue weighted by Crippen LogP contribution is -2.26. The number of hydrogen-bond acceptors (Lipinski definition) is 5. The molecule has 1 aliphatic rings. The molecule has 0 unspecified atom stereocenters. The van der Waals surface area contributed by atoms with E-state index in [1.165, 1.54) is 5.56 Å². The Morgan fingerprint density at radius 3 is 2.70 bits per heavy atom. The number of amides is 1. The summed E-state index contributed by atoms with van der Waals surface area (Å²) in [6.07, 6.45) is 1.32. The summed E-state index contributed by atoms with van der Waals surface area (Å²) in [7, 11) is 0. The quantitative estimate of drug-likeness (QED) is 0.675. The highest BCUT2D eigenvalue weighted by molar-refractivity contribution is 7.99. The van der Waals surface area contributed by atoms with Crippen LogP contribution in [0.25, 0.3) is 0 Å². The highest BCUT2D eigenvalue weighted by atomic mass is 32.2. The SMILES string of the molecule is CCCSc1nc(N)c2c(n1)N(Cc1ccc(C)cc1)C(=O)C2. The molecule has 1 aromatic carbocycles. The van der Waals surface area contributed by atoms with Gasteiger partial charge in [-0.2, -0.15) is 0 Å². The van der Waals surface area contributed by atoms with Crippen molar-refractivity contribution in [3.63, 3.8) is 0 Å². The molecule has 2 N–H and O–H groups in total. The van der Waals surface area contributed by atoms with Gasteiger partial charge in [-0.1, -0.05) is 48.5 Å². The number of aryl methyl sites for hydroxylation is 1. The third-order valence-corrected chi connectivity index (χ3v) is 4.83. The zero-order chi connectivity index (χ0) is 16.4. The molecule has 3 rings (SSSR count). The molecule has 1 amide bonds. The van der Waals surface area contributed by atoms with Crippen LogP contribution in [0.1, 0.15) is 30.0 Å². The van der Waals surface area contributed by atoms with Crippen LogP contribution in [0.4, 0.5) is 11.6 Å². The summed E-state index contributed by atoms with van der Waals surface area (Å²) in [5, 5.41) is 0.645. The topological polar surface area (TPSA) is 72.1 Å². The van der Waals surface area contributed by atoms with Crippen molar-refractivity contribution in [2.24, 2.45) is 0 Å². The summed E-state index contributed by atoms with van der Waals surface area (Å²) in [5.41, 5.74) is 9.07. The maximum absolute atomic E-state index is 12.4. The zero-order valence-corrected chi connectivity index (χ0v) is 14.2. The molecule has 0 saturated carbocycles. The average molecular weight is 328 g/mol. The van der Waals surface area contributed by atoms with Gasteiger partial charge in [0.1, 0.15) is 11.6 Å². The maximum Gasteiger partial charge on any atom is 0.233 e. The van der Waals surface area contributed by atoms with Gasteiger partial charge in [0.05, 0.1) is 13.0 Å². The van der Waals surface area contributed by atoms with Gasteiger partial charge in [0.25, 0.3) is 0 Å². The van der Waals surface area contributed by atoms with E-state index in [9.17, 15) is 4.79 Å². The second-order valence-electron chi connectivity index (χ2n) is 5.68. The van der Waals surface area contributed by atoms with E-state index in [0.29, 0.717) is 23.3 Å². The molecule has 1 aliphatic heterocycles. The monoisotopic (exact) mass is 328 g/mol. The molecule has 0 radical (unpaired) electrons. The van der Waals surface area contributed by atoms with E-state index in [2.05, 4.69) is 16.9 Å². The molecular weight excluding hydrogens is 308 g/mol. The molecule has 2 heterocycles. The van der Waals surface area contributed by atoms with E-state index in [4.69, 9.17) is 5.73 Å². The number of thioether (sulfide) groups is 1. The lowest BCUT2D eigenvalue weighted by Gasteiger charge is -2.17. The lowest BCUT2D eigenvalue weighted by atomic mass is 10.1. The molecule has 0 aliphatic carbocycles. The number of carbonyl (C=O) groups is 1.